The van der Waals surface area contributed by atoms with E-state index in [1.807, 2.05) is 0 Å². The van der Waals surface area contributed by atoms with E-state index in [0.29, 0.717) is 0 Å². The fourth-order valence-electron chi connectivity index (χ4n) is 2.86. The summed E-state index contributed by atoms with van der Waals surface area (Å²) in [5.74, 6) is 0.862. The minimum absolute atomic E-state index is 0. The van der Waals surface area contributed by atoms with Crippen LogP contribution in [0.3, 0.4) is 0 Å². The summed E-state index contributed by atoms with van der Waals surface area (Å²) in [5.41, 5.74) is 1.47. The maximum Gasteiger partial charge on any atom is 0.0701 e. The molecule has 2 nitrogen and oxygen atoms in total. The summed E-state index contributed by atoms with van der Waals surface area (Å²) >= 11 is 5.37. The number of nitrogens with one attached hydrogen (secondary N) is 1. The number of nitrogens with zero attached hydrogens (tertiary/aromatic N) is 1. The van der Waals surface area contributed by atoms with Gasteiger partial charge in [0.05, 0.1) is 3.79 Å². The van der Waals surface area contributed by atoms with E-state index in [-0.39, 0.29) is 12.4 Å². The number of thiophene rings is 1. The zero-order valence-electron chi connectivity index (χ0n) is 11.1. The summed E-state index contributed by atoms with van der Waals surface area (Å²) in [6, 6.07) is 3.14. The molecule has 5 heteroatoms. The zero-order valence-corrected chi connectivity index (χ0v) is 14.3. The van der Waals surface area contributed by atoms with E-state index < -0.39 is 0 Å². The molecule has 3 rings (SSSR count). The van der Waals surface area contributed by atoms with E-state index in [1.54, 1.807) is 11.3 Å². The van der Waals surface area contributed by atoms with Crippen LogP contribution >= 0.6 is 39.7 Å². The first-order valence-corrected chi connectivity index (χ1v) is 8.66. The Kier molecular flexibility index (Phi) is 6.15. The van der Waals surface area contributed by atoms with Crippen LogP contribution in [0.25, 0.3) is 0 Å². The van der Waals surface area contributed by atoms with Crippen LogP contribution in [0.5, 0.6) is 0 Å². The van der Waals surface area contributed by atoms with Crippen LogP contribution in [0.2, 0.25) is 0 Å². The molecule has 1 saturated carbocycles. The molecule has 0 amide bonds. The smallest absolute Gasteiger partial charge is 0.0701 e. The maximum atomic E-state index is 3.56. The summed E-state index contributed by atoms with van der Waals surface area (Å²) in [6.45, 7) is 4.86. The zero-order chi connectivity index (χ0) is 12.4. The first-order valence-electron chi connectivity index (χ1n) is 6.99. The Morgan fingerprint density at radius 1 is 1.37 bits per heavy atom. The molecule has 0 aromatic carbocycles. The Morgan fingerprint density at radius 2 is 2.21 bits per heavy atom. The first kappa shape index (κ1) is 15.8. The second-order valence-corrected chi connectivity index (χ2v) is 7.92. The van der Waals surface area contributed by atoms with Gasteiger partial charge in [-0.15, -0.1) is 23.7 Å². The van der Waals surface area contributed by atoms with Crippen molar-refractivity contribution in [3.05, 3.63) is 20.8 Å². The second-order valence-electron chi connectivity index (χ2n) is 5.63. The molecule has 1 unspecified atom stereocenters. The van der Waals surface area contributed by atoms with Gasteiger partial charge in [-0.05, 0) is 77.6 Å². The van der Waals surface area contributed by atoms with Gasteiger partial charge in [0, 0.05) is 19.1 Å². The van der Waals surface area contributed by atoms with Gasteiger partial charge in [0.1, 0.15) is 0 Å². The summed E-state index contributed by atoms with van der Waals surface area (Å²) in [7, 11) is 0. The van der Waals surface area contributed by atoms with Gasteiger partial charge in [0.25, 0.3) is 0 Å². The van der Waals surface area contributed by atoms with E-state index in [0.717, 1.165) is 18.5 Å². The van der Waals surface area contributed by atoms with Gasteiger partial charge < -0.3 is 5.32 Å². The van der Waals surface area contributed by atoms with E-state index >= 15 is 0 Å². The molecule has 1 N–H and O–H groups in total. The molecule has 19 heavy (non-hydrogen) atoms. The molecule has 2 heterocycles. The van der Waals surface area contributed by atoms with Crippen molar-refractivity contribution in [2.24, 2.45) is 5.92 Å². The third-order valence-corrected chi connectivity index (χ3v) is 5.52. The quantitative estimate of drug-likeness (QED) is 0.851. The van der Waals surface area contributed by atoms with Crippen molar-refractivity contribution in [1.29, 1.82) is 0 Å². The van der Waals surface area contributed by atoms with Gasteiger partial charge in [-0.1, -0.05) is 0 Å². The molecular weight excluding hydrogens is 344 g/mol. The number of hydrogen-bond acceptors (Lipinski definition) is 3. The Bertz CT molecular complexity index is 389. The van der Waals surface area contributed by atoms with Crippen LogP contribution in [-0.4, -0.2) is 30.6 Å². The molecule has 0 bridgehead atoms. The van der Waals surface area contributed by atoms with Crippen molar-refractivity contribution in [1.82, 2.24) is 10.2 Å². The van der Waals surface area contributed by atoms with Crippen LogP contribution < -0.4 is 5.32 Å². The topological polar surface area (TPSA) is 15.3 Å². The Labute approximate surface area is 134 Å². The third kappa shape index (κ3) is 4.71. The molecule has 1 saturated heterocycles. The highest BCUT2D eigenvalue weighted by atomic mass is 79.9. The molecule has 1 atom stereocenters. The van der Waals surface area contributed by atoms with E-state index in [1.165, 1.54) is 54.7 Å². The standard InChI is InChI=1S/C14H21BrN2S.ClH/c15-14-6-12(10-18-14)9-17(13-3-4-13)8-11-2-1-5-16-7-11;/h6,10-11,13,16H,1-5,7-9H2;1H. The van der Waals surface area contributed by atoms with Gasteiger partial charge in [-0.3, -0.25) is 4.90 Å². The van der Waals surface area contributed by atoms with Crippen LogP contribution in [0.4, 0.5) is 0 Å². The lowest BCUT2D eigenvalue weighted by Crippen LogP contribution is -2.38. The Balaban J connectivity index is 0.00000133. The van der Waals surface area contributed by atoms with Gasteiger partial charge in [-0.2, -0.15) is 0 Å². The van der Waals surface area contributed by atoms with Crippen molar-refractivity contribution in [2.45, 2.75) is 38.3 Å². The van der Waals surface area contributed by atoms with Crippen LogP contribution in [-0.2, 0) is 6.54 Å². The summed E-state index contributed by atoms with van der Waals surface area (Å²) in [5, 5.41) is 5.83. The second kappa shape index (κ2) is 7.41. The Hall–Kier alpha value is 0.390. The summed E-state index contributed by atoms with van der Waals surface area (Å²) in [6.07, 6.45) is 5.58. The Morgan fingerprint density at radius 3 is 2.79 bits per heavy atom. The van der Waals surface area contributed by atoms with E-state index in [2.05, 4.69) is 37.6 Å². The molecule has 0 spiro atoms. The molecule has 0 radical (unpaired) electrons. The summed E-state index contributed by atoms with van der Waals surface area (Å²) < 4.78 is 1.26. The predicted molar refractivity (Wildman–Crippen MR) is 88.3 cm³/mol. The van der Waals surface area contributed by atoms with Gasteiger partial charge in [0.15, 0.2) is 0 Å². The van der Waals surface area contributed by atoms with Crippen molar-refractivity contribution in [3.8, 4) is 0 Å². The summed E-state index contributed by atoms with van der Waals surface area (Å²) in [4.78, 5) is 2.71. The fourth-order valence-corrected chi connectivity index (χ4v) is 4.06. The van der Waals surface area contributed by atoms with Gasteiger partial charge in [-0.25, -0.2) is 0 Å². The number of halogens is 2. The largest absolute Gasteiger partial charge is 0.316 e. The average molecular weight is 366 g/mol. The van der Waals surface area contributed by atoms with Crippen molar-refractivity contribution < 1.29 is 0 Å². The van der Waals surface area contributed by atoms with Gasteiger partial charge >= 0.3 is 0 Å². The number of hydrogen-bond donors (Lipinski definition) is 1. The molecule has 1 aromatic rings. The lowest BCUT2D eigenvalue weighted by atomic mass is 9.99. The molecule has 2 aliphatic rings. The van der Waals surface area contributed by atoms with Crippen molar-refractivity contribution >= 4 is 39.7 Å². The van der Waals surface area contributed by atoms with Gasteiger partial charge in [0.2, 0.25) is 0 Å². The molecule has 2 fully saturated rings. The van der Waals surface area contributed by atoms with Crippen LogP contribution in [0.1, 0.15) is 31.2 Å². The van der Waals surface area contributed by atoms with E-state index in [4.69, 9.17) is 0 Å². The molecule has 1 aliphatic carbocycles. The predicted octanol–water partition coefficient (Wildman–Crippen LogP) is 3.90. The minimum Gasteiger partial charge on any atom is -0.316 e. The monoisotopic (exact) mass is 364 g/mol. The lowest BCUT2D eigenvalue weighted by Gasteiger charge is -2.30. The maximum absolute atomic E-state index is 3.56. The molecule has 1 aromatic heterocycles. The van der Waals surface area contributed by atoms with E-state index in [9.17, 15) is 0 Å². The lowest BCUT2D eigenvalue weighted by molar-refractivity contribution is 0.193. The minimum atomic E-state index is 0. The third-order valence-electron chi connectivity index (χ3n) is 3.96. The SMILES string of the molecule is Brc1cc(CN(CC2CCCNC2)C2CC2)cs1.Cl. The van der Waals surface area contributed by atoms with Crippen LogP contribution in [0, 0.1) is 5.92 Å². The van der Waals surface area contributed by atoms with Crippen LogP contribution in [0.15, 0.2) is 15.2 Å². The number of rotatable bonds is 5. The van der Waals surface area contributed by atoms with Crippen molar-refractivity contribution in [3.63, 3.8) is 0 Å². The highest BCUT2D eigenvalue weighted by Crippen LogP contribution is 2.31. The normalized spacial score (nSPS) is 23.4. The molecule has 108 valence electrons. The highest BCUT2D eigenvalue weighted by Gasteiger charge is 2.30. The fraction of sp³-hybridized carbons (Fsp3) is 0.714. The molecular formula is C14H22BrClN2S. The number of piperidine rings is 1. The van der Waals surface area contributed by atoms with Crippen molar-refractivity contribution in [2.75, 3.05) is 19.6 Å². The molecule has 1 aliphatic heterocycles. The first-order chi connectivity index (χ1) is 8.81. The highest BCUT2D eigenvalue weighted by molar-refractivity contribution is 9.11. The average Bonchev–Trinajstić information content (AvgIpc) is 3.15.